The highest BCUT2D eigenvalue weighted by Crippen LogP contribution is 2.21. The van der Waals surface area contributed by atoms with E-state index in [0.717, 1.165) is 29.8 Å². The van der Waals surface area contributed by atoms with E-state index in [4.69, 9.17) is 0 Å². The summed E-state index contributed by atoms with van der Waals surface area (Å²) in [6.45, 7) is 6.42. The van der Waals surface area contributed by atoms with Crippen molar-refractivity contribution in [2.75, 3.05) is 18.0 Å². The van der Waals surface area contributed by atoms with Gasteiger partial charge in [-0.3, -0.25) is 0 Å². The van der Waals surface area contributed by atoms with E-state index < -0.39 is 10.0 Å². The van der Waals surface area contributed by atoms with Crippen LogP contribution in [0, 0.1) is 13.8 Å². The first-order valence-electron chi connectivity index (χ1n) is 8.36. The number of rotatable bonds is 5. The third-order valence-electron chi connectivity index (χ3n) is 4.66. The molecule has 0 aromatic heterocycles. The fourth-order valence-corrected chi connectivity index (χ4v) is 4.05. The Labute approximate surface area is 144 Å². The summed E-state index contributed by atoms with van der Waals surface area (Å²) in [6.07, 6.45) is 2.50. The van der Waals surface area contributed by atoms with E-state index in [1.165, 1.54) is 18.5 Å². The minimum absolute atomic E-state index is 0.301. The number of nitrogens with zero attached hydrogens (tertiary/aromatic N) is 1. The summed E-state index contributed by atoms with van der Waals surface area (Å²) in [6, 6.07) is 13.4. The van der Waals surface area contributed by atoms with E-state index in [-0.39, 0.29) is 0 Å². The summed E-state index contributed by atoms with van der Waals surface area (Å²) >= 11 is 0. The molecule has 1 aliphatic heterocycles. The third kappa shape index (κ3) is 3.79. The predicted octanol–water partition coefficient (Wildman–Crippen LogP) is 3.38. The molecular weight excluding hydrogens is 320 g/mol. The fourth-order valence-electron chi connectivity index (χ4n) is 2.94. The molecule has 2 aromatic carbocycles. The Kier molecular flexibility index (Phi) is 4.92. The lowest BCUT2D eigenvalue weighted by Crippen LogP contribution is -2.23. The molecule has 1 fully saturated rings. The highest BCUT2D eigenvalue weighted by molar-refractivity contribution is 7.89. The van der Waals surface area contributed by atoms with Crippen LogP contribution in [0.25, 0.3) is 0 Å². The molecule has 0 bridgehead atoms. The van der Waals surface area contributed by atoms with Crippen molar-refractivity contribution in [3.05, 3.63) is 59.2 Å². The lowest BCUT2D eigenvalue weighted by atomic mass is 10.1. The topological polar surface area (TPSA) is 49.4 Å². The quantitative estimate of drug-likeness (QED) is 0.904. The van der Waals surface area contributed by atoms with Gasteiger partial charge in [0.25, 0.3) is 0 Å². The Morgan fingerprint density at radius 3 is 2.25 bits per heavy atom. The SMILES string of the molecule is Cc1ccc(S(=O)(=O)NCc2ccc(N3CCCC3)cc2)cc1C. The van der Waals surface area contributed by atoms with Crippen molar-refractivity contribution >= 4 is 15.7 Å². The Balaban J connectivity index is 1.66. The van der Waals surface area contributed by atoms with E-state index >= 15 is 0 Å². The van der Waals surface area contributed by atoms with E-state index in [1.54, 1.807) is 12.1 Å². The summed E-state index contributed by atoms with van der Waals surface area (Å²) in [4.78, 5) is 2.68. The molecule has 0 saturated carbocycles. The van der Waals surface area contributed by atoms with Gasteiger partial charge in [-0.25, -0.2) is 13.1 Å². The van der Waals surface area contributed by atoms with Gasteiger partial charge in [-0.1, -0.05) is 18.2 Å². The molecule has 1 N–H and O–H groups in total. The van der Waals surface area contributed by atoms with Gasteiger partial charge in [0.2, 0.25) is 10.0 Å². The Morgan fingerprint density at radius 1 is 0.958 bits per heavy atom. The van der Waals surface area contributed by atoms with E-state index in [2.05, 4.69) is 21.8 Å². The molecule has 0 aliphatic carbocycles. The first-order chi connectivity index (χ1) is 11.5. The number of benzene rings is 2. The summed E-state index contributed by atoms with van der Waals surface area (Å²) in [5.41, 5.74) is 4.25. The number of hydrogen-bond acceptors (Lipinski definition) is 3. The maximum absolute atomic E-state index is 12.4. The number of anilines is 1. The molecule has 1 aliphatic rings. The summed E-state index contributed by atoms with van der Waals surface area (Å²) in [7, 11) is -3.48. The lowest BCUT2D eigenvalue weighted by molar-refractivity contribution is 0.581. The molecule has 0 amide bonds. The third-order valence-corrected chi connectivity index (χ3v) is 6.06. The van der Waals surface area contributed by atoms with Crippen molar-refractivity contribution in [1.82, 2.24) is 4.72 Å². The number of sulfonamides is 1. The highest BCUT2D eigenvalue weighted by Gasteiger charge is 2.15. The van der Waals surface area contributed by atoms with Crippen molar-refractivity contribution in [2.45, 2.75) is 38.1 Å². The van der Waals surface area contributed by atoms with Crippen LogP contribution in [0.4, 0.5) is 5.69 Å². The predicted molar refractivity (Wildman–Crippen MR) is 97.8 cm³/mol. The summed E-state index contributed by atoms with van der Waals surface area (Å²) < 4.78 is 27.5. The molecular formula is C19H24N2O2S. The largest absolute Gasteiger partial charge is 0.372 e. The molecule has 2 aromatic rings. The van der Waals surface area contributed by atoms with Crippen molar-refractivity contribution in [1.29, 1.82) is 0 Å². The van der Waals surface area contributed by atoms with E-state index in [1.807, 2.05) is 32.0 Å². The second-order valence-corrected chi connectivity index (χ2v) is 8.20. The maximum Gasteiger partial charge on any atom is 0.240 e. The van der Waals surface area contributed by atoms with Crippen LogP contribution in [0.2, 0.25) is 0 Å². The van der Waals surface area contributed by atoms with Crippen molar-refractivity contribution in [3.8, 4) is 0 Å². The average Bonchev–Trinajstić information content (AvgIpc) is 3.10. The van der Waals surface area contributed by atoms with Crippen LogP contribution < -0.4 is 9.62 Å². The minimum atomic E-state index is -3.48. The van der Waals surface area contributed by atoms with Gasteiger partial charge in [0, 0.05) is 25.3 Å². The van der Waals surface area contributed by atoms with Gasteiger partial charge in [0.1, 0.15) is 0 Å². The average molecular weight is 344 g/mol. The zero-order valence-corrected chi connectivity index (χ0v) is 15.1. The summed E-state index contributed by atoms with van der Waals surface area (Å²) in [5.74, 6) is 0. The first-order valence-corrected chi connectivity index (χ1v) is 9.85. The van der Waals surface area contributed by atoms with Gasteiger partial charge < -0.3 is 4.90 Å². The Bertz CT molecular complexity index is 808. The van der Waals surface area contributed by atoms with Crippen molar-refractivity contribution in [2.24, 2.45) is 0 Å². The molecule has 0 spiro atoms. The number of aryl methyl sites for hydroxylation is 2. The molecule has 24 heavy (non-hydrogen) atoms. The molecule has 0 unspecified atom stereocenters. The van der Waals surface area contributed by atoms with Gasteiger partial charge in [-0.2, -0.15) is 0 Å². The van der Waals surface area contributed by atoms with Crippen molar-refractivity contribution < 1.29 is 8.42 Å². The fraction of sp³-hybridized carbons (Fsp3) is 0.368. The highest BCUT2D eigenvalue weighted by atomic mass is 32.2. The maximum atomic E-state index is 12.4. The van der Waals surface area contributed by atoms with Crippen LogP contribution in [0.15, 0.2) is 47.4 Å². The Hall–Kier alpha value is -1.85. The molecule has 5 heteroatoms. The molecule has 0 atom stereocenters. The van der Waals surface area contributed by atoms with Gasteiger partial charge in [-0.15, -0.1) is 0 Å². The first kappa shape index (κ1) is 17.0. The molecule has 4 nitrogen and oxygen atoms in total. The molecule has 128 valence electrons. The van der Waals surface area contributed by atoms with Gasteiger partial charge in [0.05, 0.1) is 4.90 Å². The van der Waals surface area contributed by atoms with Crippen LogP contribution >= 0.6 is 0 Å². The van der Waals surface area contributed by atoms with Gasteiger partial charge >= 0.3 is 0 Å². The Morgan fingerprint density at radius 2 is 1.62 bits per heavy atom. The smallest absolute Gasteiger partial charge is 0.240 e. The number of nitrogens with one attached hydrogen (secondary N) is 1. The van der Waals surface area contributed by atoms with Gasteiger partial charge in [0.15, 0.2) is 0 Å². The minimum Gasteiger partial charge on any atom is -0.372 e. The molecule has 1 saturated heterocycles. The molecule has 3 rings (SSSR count). The molecule has 1 heterocycles. The van der Waals surface area contributed by atoms with Crippen LogP contribution in [-0.4, -0.2) is 21.5 Å². The molecule has 0 radical (unpaired) electrons. The monoisotopic (exact) mass is 344 g/mol. The van der Waals surface area contributed by atoms with Gasteiger partial charge in [-0.05, 0) is 67.6 Å². The van der Waals surface area contributed by atoms with Crippen molar-refractivity contribution in [3.63, 3.8) is 0 Å². The number of hydrogen-bond donors (Lipinski definition) is 1. The van der Waals surface area contributed by atoms with Crippen LogP contribution in [0.5, 0.6) is 0 Å². The normalized spacial score (nSPS) is 15.0. The van der Waals surface area contributed by atoms with E-state index in [9.17, 15) is 8.42 Å². The summed E-state index contributed by atoms with van der Waals surface area (Å²) in [5, 5.41) is 0. The second kappa shape index (κ2) is 6.95. The standard InChI is InChI=1S/C19H24N2O2S/c1-15-5-10-19(13-16(15)2)24(22,23)20-14-17-6-8-18(9-7-17)21-11-3-4-12-21/h5-10,13,20H,3-4,11-12,14H2,1-2H3. The zero-order valence-electron chi connectivity index (χ0n) is 14.2. The lowest BCUT2D eigenvalue weighted by Gasteiger charge is -2.17. The van der Waals surface area contributed by atoms with Crippen LogP contribution in [0.1, 0.15) is 29.5 Å². The second-order valence-electron chi connectivity index (χ2n) is 6.43. The van der Waals surface area contributed by atoms with E-state index in [0.29, 0.717) is 11.4 Å². The van der Waals surface area contributed by atoms with Crippen LogP contribution in [0.3, 0.4) is 0 Å². The zero-order chi connectivity index (χ0) is 17.2. The van der Waals surface area contributed by atoms with Crippen LogP contribution in [-0.2, 0) is 16.6 Å².